The van der Waals surface area contributed by atoms with Gasteiger partial charge in [0.05, 0.1) is 0 Å². The molecule has 1 aromatic heterocycles. The maximum atomic E-state index is 5.70. The Kier molecular flexibility index (Phi) is 5.47. The second kappa shape index (κ2) is 6.67. The molecule has 1 aromatic rings. The van der Waals surface area contributed by atoms with Gasteiger partial charge in [-0.1, -0.05) is 26.7 Å². The first kappa shape index (κ1) is 12.3. The van der Waals surface area contributed by atoms with Crippen LogP contribution in [-0.4, -0.2) is 15.7 Å². The third-order valence-electron chi connectivity index (χ3n) is 2.08. The fourth-order valence-corrected chi connectivity index (χ4v) is 2.18. The number of hydrogen-bond donors (Lipinski definition) is 1. The lowest BCUT2D eigenvalue weighted by atomic mass is 10.3. The van der Waals surface area contributed by atoms with Crippen LogP contribution < -0.4 is 5.73 Å². The van der Waals surface area contributed by atoms with Crippen LogP contribution in [0.3, 0.4) is 0 Å². The highest BCUT2D eigenvalue weighted by Gasteiger charge is 2.01. The maximum Gasteiger partial charge on any atom is 0.131 e. The SMILES string of the molecule is CCCCCSc1cc(N)nc(CC)n1. The second-order valence-electron chi connectivity index (χ2n) is 3.46. The Morgan fingerprint density at radius 1 is 1.27 bits per heavy atom. The Bertz CT molecular complexity index is 302. The summed E-state index contributed by atoms with van der Waals surface area (Å²) in [7, 11) is 0. The number of nitrogen functional groups attached to an aromatic ring is 1. The van der Waals surface area contributed by atoms with Gasteiger partial charge in [-0.25, -0.2) is 9.97 Å². The summed E-state index contributed by atoms with van der Waals surface area (Å²) >= 11 is 1.77. The molecular formula is C11H19N3S. The van der Waals surface area contributed by atoms with Crippen LogP contribution in [0.15, 0.2) is 11.1 Å². The molecule has 1 heterocycles. The molecule has 0 aromatic carbocycles. The first-order chi connectivity index (χ1) is 7.26. The molecule has 0 amide bonds. The van der Waals surface area contributed by atoms with Crippen molar-refractivity contribution in [1.29, 1.82) is 0 Å². The van der Waals surface area contributed by atoms with Gasteiger partial charge < -0.3 is 5.73 Å². The smallest absolute Gasteiger partial charge is 0.131 e. The molecule has 0 atom stereocenters. The number of nitrogens with two attached hydrogens (primary N) is 1. The molecule has 2 N–H and O–H groups in total. The van der Waals surface area contributed by atoms with Crippen LogP contribution in [0.2, 0.25) is 0 Å². The van der Waals surface area contributed by atoms with Gasteiger partial charge in [0.25, 0.3) is 0 Å². The molecule has 0 saturated carbocycles. The summed E-state index contributed by atoms with van der Waals surface area (Å²) < 4.78 is 0. The van der Waals surface area contributed by atoms with Crippen molar-refractivity contribution < 1.29 is 0 Å². The molecule has 84 valence electrons. The number of nitrogens with zero attached hydrogens (tertiary/aromatic N) is 2. The summed E-state index contributed by atoms with van der Waals surface area (Å²) in [4.78, 5) is 8.57. The number of aryl methyl sites for hydroxylation is 1. The lowest BCUT2D eigenvalue weighted by Crippen LogP contribution is -1.99. The normalized spacial score (nSPS) is 10.5. The first-order valence-electron chi connectivity index (χ1n) is 5.52. The van der Waals surface area contributed by atoms with Gasteiger partial charge in [0.2, 0.25) is 0 Å². The van der Waals surface area contributed by atoms with E-state index in [0.29, 0.717) is 5.82 Å². The van der Waals surface area contributed by atoms with Gasteiger partial charge >= 0.3 is 0 Å². The molecule has 0 aliphatic rings. The average molecular weight is 225 g/mol. The van der Waals surface area contributed by atoms with E-state index in [1.165, 1.54) is 19.3 Å². The number of anilines is 1. The van der Waals surface area contributed by atoms with Crippen molar-refractivity contribution in [3.8, 4) is 0 Å². The van der Waals surface area contributed by atoms with Crippen LogP contribution in [0.5, 0.6) is 0 Å². The largest absolute Gasteiger partial charge is 0.384 e. The van der Waals surface area contributed by atoms with E-state index in [9.17, 15) is 0 Å². The van der Waals surface area contributed by atoms with Gasteiger partial charge in [-0.3, -0.25) is 0 Å². The molecule has 4 heteroatoms. The zero-order valence-corrected chi connectivity index (χ0v) is 10.3. The zero-order chi connectivity index (χ0) is 11.1. The molecule has 0 fully saturated rings. The van der Waals surface area contributed by atoms with Crippen molar-refractivity contribution in [2.45, 2.75) is 44.6 Å². The molecule has 0 aliphatic heterocycles. The quantitative estimate of drug-likeness (QED) is 0.459. The fourth-order valence-electron chi connectivity index (χ4n) is 1.25. The fraction of sp³-hybridized carbons (Fsp3) is 0.636. The number of hydrogen-bond acceptors (Lipinski definition) is 4. The van der Waals surface area contributed by atoms with Gasteiger partial charge in [-0.2, -0.15) is 0 Å². The van der Waals surface area contributed by atoms with Crippen molar-refractivity contribution >= 4 is 17.6 Å². The van der Waals surface area contributed by atoms with Crippen LogP contribution in [0.1, 0.15) is 38.9 Å². The van der Waals surface area contributed by atoms with Crippen LogP contribution >= 0.6 is 11.8 Å². The van der Waals surface area contributed by atoms with Crippen LogP contribution in [-0.2, 0) is 6.42 Å². The molecule has 0 aliphatic carbocycles. The third-order valence-corrected chi connectivity index (χ3v) is 3.08. The van der Waals surface area contributed by atoms with Crippen molar-refractivity contribution in [2.75, 3.05) is 11.5 Å². The monoisotopic (exact) mass is 225 g/mol. The molecular weight excluding hydrogens is 206 g/mol. The van der Waals surface area contributed by atoms with Crippen molar-refractivity contribution in [3.05, 3.63) is 11.9 Å². The minimum Gasteiger partial charge on any atom is -0.384 e. The van der Waals surface area contributed by atoms with E-state index in [1.807, 2.05) is 13.0 Å². The standard InChI is InChI=1S/C11H19N3S/c1-3-5-6-7-15-11-8-9(12)13-10(4-2)14-11/h8H,3-7H2,1-2H3,(H2,12,13,14). The van der Waals surface area contributed by atoms with Gasteiger partial charge in [0, 0.05) is 12.5 Å². The summed E-state index contributed by atoms with van der Waals surface area (Å²) in [5.41, 5.74) is 5.70. The highest BCUT2D eigenvalue weighted by Crippen LogP contribution is 2.19. The number of thioether (sulfide) groups is 1. The molecule has 1 rings (SSSR count). The molecule has 15 heavy (non-hydrogen) atoms. The van der Waals surface area contributed by atoms with E-state index in [4.69, 9.17) is 5.73 Å². The summed E-state index contributed by atoms with van der Waals surface area (Å²) in [5, 5.41) is 1.01. The second-order valence-corrected chi connectivity index (χ2v) is 4.57. The predicted octanol–water partition coefficient (Wildman–Crippen LogP) is 2.90. The van der Waals surface area contributed by atoms with Crippen molar-refractivity contribution in [1.82, 2.24) is 9.97 Å². The van der Waals surface area contributed by atoms with Crippen LogP contribution in [0.25, 0.3) is 0 Å². The maximum absolute atomic E-state index is 5.70. The highest BCUT2D eigenvalue weighted by molar-refractivity contribution is 7.99. The Balaban J connectivity index is 2.49. The average Bonchev–Trinajstić information content (AvgIpc) is 2.23. The lowest BCUT2D eigenvalue weighted by molar-refractivity contribution is 0.777. The molecule has 0 saturated heterocycles. The summed E-state index contributed by atoms with van der Waals surface area (Å²) in [6, 6.07) is 1.86. The Morgan fingerprint density at radius 3 is 2.73 bits per heavy atom. The van der Waals surface area contributed by atoms with Gasteiger partial charge in [0.15, 0.2) is 0 Å². The van der Waals surface area contributed by atoms with Crippen molar-refractivity contribution in [3.63, 3.8) is 0 Å². The zero-order valence-electron chi connectivity index (χ0n) is 9.49. The highest BCUT2D eigenvalue weighted by atomic mass is 32.2. The predicted molar refractivity (Wildman–Crippen MR) is 66.1 cm³/mol. The number of unbranched alkanes of at least 4 members (excludes halogenated alkanes) is 2. The third kappa shape index (κ3) is 4.51. The van der Waals surface area contributed by atoms with Crippen LogP contribution in [0, 0.1) is 0 Å². The Labute approximate surface area is 95.9 Å². The summed E-state index contributed by atoms with van der Waals surface area (Å²) in [6.07, 6.45) is 4.63. The van der Waals surface area contributed by atoms with E-state index in [1.54, 1.807) is 11.8 Å². The molecule has 0 spiro atoms. The molecule has 0 radical (unpaired) electrons. The minimum absolute atomic E-state index is 0.583. The van der Waals surface area contributed by atoms with E-state index in [-0.39, 0.29) is 0 Å². The topological polar surface area (TPSA) is 51.8 Å². The molecule has 3 nitrogen and oxygen atoms in total. The van der Waals surface area contributed by atoms with E-state index >= 15 is 0 Å². The summed E-state index contributed by atoms with van der Waals surface area (Å²) in [5.74, 6) is 2.54. The first-order valence-corrected chi connectivity index (χ1v) is 6.51. The van der Waals surface area contributed by atoms with E-state index in [2.05, 4.69) is 16.9 Å². The molecule has 0 unspecified atom stereocenters. The Morgan fingerprint density at radius 2 is 2.07 bits per heavy atom. The van der Waals surface area contributed by atoms with E-state index in [0.717, 1.165) is 23.0 Å². The minimum atomic E-state index is 0.583. The lowest BCUT2D eigenvalue weighted by Gasteiger charge is -2.03. The summed E-state index contributed by atoms with van der Waals surface area (Å²) in [6.45, 7) is 4.25. The van der Waals surface area contributed by atoms with Crippen LogP contribution in [0.4, 0.5) is 5.82 Å². The van der Waals surface area contributed by atoms with Gasteiger partial charge in [-0.15, -0.1) is 11.8 Å². The molecule has 0 bridgehead atoms. The number of aromatic nitrogens is 2. The van der Waals surface area contributed by atoms with E-state index < -0.39 is 0 Å². The van der Waals surface area contributed by atoms with Crippen molar-refractivity contribution in [2.24, 2.45) is 0 Å². The number of rotatable bonds is 6. The van der Waals surface area contributed by atoms with Gasteiger partial charge in [0.1, 0.15) is 16.7 Å². The Hall–Kier alpha value is -0.770. The van der Waals surface area contributed by atoms with Gasteiger partial charge in [-0.05, 0) is 12.2 Å².